The largest absolute Gasteiger partial charge is 0.480 e. The van der Waals surface area contributed by atoms with Crippen molar-refractivity contribution in [1.29, 1.82) is 0 Å². The van der Waals surface area contributed by atoms with Crippen LogP contribution in [0.25, 0.3) is 0 Å². The van der Waals surface area contributed by atoms with Crippen LogP contribution in [0.2, 0.25) is 0 Å². The number of benzene rings is 1. The zero-order valence-corrected chi connectivity index (χ0v) is 12.1. The van der Waals surface area contributed by atoms with E-state index in [1.54, 1.807) is 13.0 Å². The first kappa shape index (κ1) is 15.5. The topological polar surface area (TPSA) is 98.7 Å². The molecule has 0 aliphatic carbocycles. The van der Waals surface area contributed by atoms with Gasteiger partial charge in [0, 0.05) is 17.8 Å². The Morgan fingerprint density at radius 1 is 1.33 bits per heavy atom. The van der Waals surface area contributed by atoms with Gasteiger partial charge in [0.05, 0.1) is 12.1 Å². The minimum absolute atomic E-state index is 0.184. The van der Waals surface area contributed by atoms with Crippen LogP contribution in [0.5, 0.6) is 0 Å². The molecule has 0 amide bonds. The van der Waals surface area contributed by atoms with E-state index in [0.717, 1.165) is 24.2 Å². The van der Waals surface area contributed by atoms with Gasteiger partial charge < -0.3 is 15.5 Å². The SMILES string of the molecule is CC(NC(C(=O)O)C(C)O)C(=O)c1ccc2c(c1)CCN2. The number of hydrogen-bond acceptors (Lipinski definition) is 5. The molecule has 6 nitrogen and oxygen atoms in total. The van der Waals surface area contributed by atoms with Crippen molar-refractivity contribution in [3.8, 4) is 0 Å². The average molecular weight is 292 g/mol. The molecular weight excluding hydrogens is 272 g/mol. The normalized spacial score (nSPS) is 17.5. The highest BCUT2D eigenvalue weighted by molar-refractivity contribution is 6.00. The third kappa shape index (κ3) is 3.40. The zero-order valence-electron chi connectivity index (χ0n) is 12.1. The summed E-state index contributed by atoms with van der Waals surface area (Å²) in [6.45, 7) is 3.85. The summed E-state index contributed by atoms with van der Waals surface area (Å²) in [4.78, 5) is 23.4. The number of carbonyl (C=O) groups is 2. The highest BCUT2D eigenvalue weighted by Gasteiger charge is 2.27. The minimum atomic E-state index is -1.18. The summed E-state index contributed by atoms with van der Waals surface area (Å²) in [7, 11) is 0. The number of Topliss-reactive ketones (excluding diaryl/α,β-unsaturated/α-hetero) is 1. The third-order valence-electron chi connectivity index (χ3n) is 3.67. The number of carbonyl (C=O) groups excluding carboxylic acids is 1. The maximum absolute atomic E-state index is 12.4. The Morgan fingerprint density at radius 3 is 2.67 bits per heavy atom. The van der Waals surface area contributed by atoms with Gasteiger partial charge in [0.25, 0.3) is 0 Å². The maximum Gasteiger partial charge on any atom is 0.323 e. The molecule has 21 heavy (non-hydrogen) atoms. The number of carboxylic acid groups (broad SMARTS) is 1. The molecule has 1 aromatic carbocycles. The van der Waals surface area contributed by atoms with E-state index < -0.39 is 24.2 Å². The van der Waals surface area contributed by atoms with Gasteiger partial charge in [0.2, 0.25) is 0 Å². The summed E-state index contributed by atoms with van der Waals surface area (Å²) < 4.78 is 0. The Kier molecular flexibility index (Phi) is 4.59. The fourth-order valence-corrected chi connectivity index (χ4v) is 2.47. The molecule has 0 radical (unpaired) electrons. The van der Waals surface area contributed by atoms with Crippen LogP contribution in [0.15, 0.2) is 18.2 Å². The molecular formula is C15H20N2O4. The van der Waals surface area contributed by atoms with Crippen LogP contribution < -0.4 is 10.6 Å². The van der Waals surface area contributed by atoms with Crippen molar-refractivity contribution in [3.63, 3.8) is 0 Å². The molecule has 0 bridgehead atoms. The number of aliphatic hydroxyl groups excluding tert-OH is 1. The van der Waals surface area contributed by atoms with Crippen molar-refractivity contribution in [3.05, 3.63) is 29.3 Å². The molecule has 0 saturated heterocycles. The van der Waals surface area contributed by atoms with Crippen LogP contribution in [-0.2, 0) is 11.2 Å². The van der Waals surface area contributed by atoms with Crippen LogP contribution >= 0.6 is 0 Å². The van der Waals surface area contributed by atoms with E-state index in [2.05, 4.69) is 10.6 Å². The van der Waals surface area contributed by atoms with E-state index in [4.69, 9.17) is 5.11 Å². The second kappa shape index (κ2) is 6.24. The first-order chi connectivity index (χ1) is 9.90. The van der Waals surface area contributed by atoms with Crippen LogP contribution in [0.4, 0.5) is 5.69 Å². The maximum atomic E-state index is 12.4. The molecule has 3 atom stereocenters. The van der Waals surface area contributed by atoms with Gasteiger partial charge in [-0.25, -0.2) is 0 Å². The second-order valence-corrected chi connectivity index (χ2v) is 5.36. The molecule has 0 saturated carbocycles. The number of nitrogens with one attached hydrogen (secondary N) is 2. The first-order valence-electron chi connectivity index (χ1n) is 6.98. The van der Waals surface area contributed by atoms with Crippen LogP contribution in [-0.4, -0.2) is 46.7 Å². The number of aliphatic carboxylic acids is 1. The van der Waals surface area contributed by atoms with Gasteiger partial charge in [-0.1, -0.05) is 0 Å². The van der Waals surface area contributed by atoms with E-state index in [1.807, 2.05) is 12.1 Å². The number of fused-ring (bicyclic) bond motifs is 1. The summed E-state index contributed by atoms with van der Waals surface area (Å²) in [6, 6.07) is 3.59. The Balaban J connectivity index is 2.10. The van der Waals surface area contributed by atoms with Gasteiger partial charge in [-0.05, 0) is 44.0 Å². The van der Waals surface area contributed by atoms with Crippen molar-refractivity contribution >= 4 is 17.4 Å². The van der Waals surface area contributed by atoms with Crippen molar-refractivity contribution in [2.45, 2.75) is 38.5 Å². The zero-order chi connectivity index (χ0) is 15.6. The van der Waals surface area contributed by atoms with Gasteiger partial charge in [0.1, 0.15) is 6.04 Å². The molecule has 1 aliphatic rings. The quantitative estimate of drug-likeness (QED) is 0.575. The molecule has 114 valence electrons. The average Bonchev–Trinajstić information content (AvgIpc) is 2.90. The molecule has 0 aromatic heterocycles. The van der Waals surface area contributed by atoms with Crippen molar-refractivity contribution in [2.24, 2.45) is 0 Å². The molecule has 3 unspecified atom stereocenters. The fourth-order valence-electron chi connectivity index (χ4n) is 2.47. The Labute approximate surface area is 123 Å². The van der Waals surface area contributed by atoms with Gasteiger partial charge in [-0.2, -0.15) is 0 Å². The Bertz CT molecular complexity index is 557. The van der Waals surface area contributed by atoms with Crippen molar-refractivity contribution < 1.29 is 19.8 Å². The Morgan fingerprint density at radius 2 is 2.05 bits per heavy atom. The molecule has 1 aliphatic heterocycles. The van der Waals surface area contributed by atoms with Gasteiger partial charge in [-0.15, -0.1) is 0 Å². The van der Waals surface area contributed by atoms with Crippen LogP contribution in [0, 0.1) is 0 Å². The van der Waals surface area contributed by atoms with E-state index in [0.29, 0.717) is 5.56 Å². The number of ketones is 1. The highest BCUT2D eigenvalue weighted by atomic mass is 16.4. The van der Waals surface area contributed by atoms with Gasteiger partial charge in [-0.3, -0.25) is 14.9 Å². The lowest BCUT2D eigenvalue weighted by Gasteiger charge is -2.21. The van der Waals surface area contributed by atoms with E-state index in [9.17, 15) is 14.7 Å². The van der Waals surface area contributed by atoms with Crippen LogP contribution in [0.1, 0.15) is 29.8 Å². The number of rotatable bonds is 6. The third-order valence-corrected chi connectivity index (χ3v) is 3.67. The van der Waals surface area contributed by atoms with Gasteiger partial charge >= 0.3 is 5.97 Å². The summed E-state index contributed by atoms with van der Waals surface area (Å²) in [6.07, 6.45) is -0.203. The summed E-state index contributed by atoms with van der Waals surface area (Å²) >= 11 is 0. The number of anilines is 1. The van der Waals surface area contributed by atoms with Crippen molar-refractivity contribution in [1.82, 2.24) is 5.32 Å². The lowest BCUT2D eigenvalue weighted by molar-refractivity contribution is -0.142. The first-order valence-corrected chi connectivity index (χ1v) is 6.98. The summed E-state index contributed by atoms with van der Waals surface area (Å²) in [5.74, 6) is -1.36. The predicted molar refractivity (Wildman–Crippen MR) is 78.7 cm³/mol. The molecule has 0 spiro atoms. The molecule has 4 N–H and O–H groups in total. The molecule has 2 rings (SSSR count). The standard InChI is InChI=1S/C15H20N2O4/c1-8(17-13(9(2)18)15(20)21)14(19)11-3-4-12-10(7-11)5-6-16-12/h3-4,7-9,13,16-18H,5-6H2,1-2H3,(H,20,21). The number of hydrogen-bond donors (Lipinski definition) is 4. The summed E-state index contributed by atoms with van der Waals surface area (Å²) in [5, 5.41) is 24.4. The molecule has 1 aromatic rings. The summed E-state index contributed by atoms with van der Waals surface area (Å²) in [5.41, 5.74) is 2.69. The lowest BCUT2D eigenvalue weighted by atomic mass is 10.0. The van der Waals surface area contributed by atoms with E-state index >= 15 is 0 Å². The second-order valence-electron chi connectivity index (χ2n) is 5.36. The molecule has 0 fully saturated rings. The minimum Gasteiger partial charge on any atom is -0.480 e. The monoisotopic (exact) mass is 292 g/mol. The number of carboxylic acids is 1. The highest BCUT2D eigenvalue weighted by Crippen LogP contribution is 2.23. The van der Waals surface area contributed by atoms with E-state index in [1.165, 1.54) is 6.92 Å². The van der Waals surface area contributed by atoms with Crippen LogP contribution in [0.3, 0.4) is 0 Å². The molecule has 6 heteroatoms. The van der Waals surface area contributed by atoms with E-state index in [-0.39, 0.29) is 5.78 Å². The molecule has 1 heterocycles. The van der Waals surface area contributed by atoms with Crippen molar-refractivity contribution in [2.75, 3.05) is 11.9 Å². The smallest absolute Gasteiger partial charge is 0.323 e. The Hall–Kier alpha value is -1.92. The number of aliphatic hydroxyl groups is 1. The lowest BCUT2D eigenvalue weighted by Crippen LogP contribution is -2.51. The van der Waals surface area contributed by atoms with Gasteiger partial charge in [0.15, 0.2) is 5.78 Å². The fraction of sp³-hybridized carbons (Fsp3) is 0.467. The predicted octanol–water partition coefficient (Wildman–Crippen LogP) is 0.649.